The zero-order valence-corrected chi connectivity index (χ0v) is 20.3. The highest BCUT2D eigenvalue weighted by Gasteiger charge is 2.34. The Bertz CT molecular complexity index is 387. The first-order chi connectivity index (χ1) is 11.8. The van der Waals surface area contributed by atoms with Gasteiger partial charge in [0.1, 0.15) is 0 Å². The summed E-state index contributed by atoms with van der Waals surface area (Å²) in [6, 6.07) is 1.11. The van der Waals surface area contributed by atoms with Crippen molar-refractivity contribution in [2.24, 2.45) is 4.99 Å². The second kappa shape index (κ2) is 13.1. The molecule has 1 rings (SSSR count). The molecule has 0 bridgehead atoms. The molecule has 7 heteroatoms. The summed E-state index contributed by atoms with van der Waals surface area (Å²) in [4.78, 5) is 9.71. The van der Waals surface area contributed by atoms with Crippen LogP contribution in [0.5, 0.6) is 0 Å². The lowest BCUT2D eigenvalue weighted by atomic mass is 9.89. The van der Waals surface area contributed by atoms with Gasteiger partial charge >= 0.3 is 0 Å². The maximum absolute atomic E-state index is 5.55. The Balaban J connectivity index is 0.00000625. The van der Waals surface area contributed by atoms with E-state index in [9.17, 15) is 0 Å². The minimum atomic E-state index is 0. The van der Waals surface area contributed by atoms with Crippen molar-refractivity contribution >= 4 is 29.9 Å². The average Bonchev–Trinajstić information content (AvgIpc) is 2.56. The summed E-state index contributed by atoms with van der Waals surface area (Å²) in [5, 5.41) is 6.89. The lowest BCUT2D eigenvalue weighted by Crippen LogP contribution is -2.52. The summed E-state index contributed by atoms with van der Waals surface area (Å²) in [5.41, 5.74) is 0.114. The van der Waals surface area contributed by atoms with Crippen molar-refractivity contribution in [3.05, 3.63) is 0 Å². The Hall–Kier alpha value is -0.120. The van der Waals surface area contributed by atoms with Crippen molar-refractivity contribution in [2.75, 3.05) is 53.5 Å². The lowest BCUT2D eigenvalue weighted by molar-refractivity contribution is -0.00254. The summed E-state index contributed by atoms with van der Waals surface area (Å²) >= 11 is 0. The second-order valence-electron chi connectivity index (χ2n) is 7.78. The molecule has 6 nitrogen and oxygen atoms in total. The van der Waals surface area contributed by atoms with Gasteiger partial charge in [0.05, 0.1) is 6.54 Å². The minimum absolute atomic E-state index is 0. The molecular formula is C19H42IN5O. The topological polar surface area (TPSA) is 52.1 Å². The molecule has 1 fully saturated rings. The molecule has 0 aromatic rings. The van der Waals surface area contributed by atoms with E-state index in [-0.39, 0.29) is 29.5 Å². The molecule has 0 amide bonds. The molecule has 156 valence electrons. The summed E-state index contributed by atoms with van der Waals surface area (Å²) in [6.45, 7) is 16.4. The molecule has 0 unspecified atom stereocenters. The van der Waals surface area contributed by atoms with Crippen molar-refractivity contribution in [3.63, 3.8) is 0 Å². The quantitative estimate of drug-likeness (QED) is 0.300. The maximum Gasteiger partial charge on any atom is 0.191 e. The summed E-state index contributed by atoms with van der Waals surface area (Å²) in [5.74, 6) is 0.919. The van der Waals surface area contributed by atoms with Crippen molar-refractivity contribution < 1.29 is 4.74 Å². The zero-order chi connectivity index (χ0) is 18.9. The minimum Gasteiger partial charge on any atom is -0.381 e. The number of nitrogens with zero attached hydrogens (tertiary/aromatic N) is 3. The predicted molar refractivity (Wildman–Crippen MR) is 123 cm³/mol. The normalized spacial score (nSPS) is 17.7. The molecule has 0 radical (unpaired) electrons. The van der Waals surface area contributed by atoms with Crippen LogP contribution in [0.25, 0.3) is 0 Å². The van der Waals surface area contributed by atoms with Crippen LogP contribution in [0.15, 0.2) is 4.99 Å². The van der Waals surface area contributed by atoms with Gasteiger partial charge in [-0.2, -0.15) is 0 Å². The summed E-state index contributed by atoms with van der Waals surface area (Å²) in [6.07, 6.45) is 2.08. The van der Waals surface area contributed by atoms with Crippen LogP contribution in [0.1, 0.15) is 47.5 Å². The van der Waals surface area contributed by atoms with Crippen molar-refractivity contribution in [1.29, 1.82) is 0 Å². The monoisotopic (exact) mass is 483 g/mol. The number of nitrogens with one attached hydrogen (secondary N) is 2. The van der Waals surface area contributed by atoms with Gasteiger partial charge in [-0.25, -0.2) is 0 Å². The molecule has 26 heavy (non-hydrogen) atoms. The SMILES string of the molecule is CCNC(=NCC1(N(C)C)CCOCC1)NCCN(C(C)C)C(C)C.I. The van der Waals surface area contributed by atoms with Gasteiger partial charge in [0.15, 0.2) is 5.96 Å². The lowest BCUT2D eigenvalue weighted by Gasteiger charge is -2.41. The van der Waals surface area contributed by atoms with E-state index in [2.05, 4.69) is 69.1 Å². The number of aliphatic imine (C=N–C) groups is 1. The van der Waals surface area contributed by atoms with E-state index >= 15 is 0 Å². The van der Waals surface area contributed by atoms with E-state index in [4.69, 9.17) is 9.73 Å². The van der Waals surface area contributed by atoms with E-state index in [1.165, 1.54) is 0 Å². The van der Waals surface area contributed by atoms with Crippen molar-refractivity contribution in [1.82, 2.24) is 20.4 Å². The van der Waals surface area contributed by atoms with E-state index in [0.29, 0.717) is 12.1 Å². The molecule has 1 aliphatic rings. The smallest absolute Gasteiger partial charge is 0.191 e. The van der Waals surface area contributed by atoms with Gasteiger partial charge in [-0.3, -0.25) is 9.89 Å². The van der Waals surface area contributed by atoms with Gasteiger partial charge in [0.2, 0.25) is 0 Å². The number of hydrogen-bond donors (Lipinski definition) is 2. The van der Waals surface area contributed by atoms with Crippen LogP contribution in [0.4, 0.5) is 0 Å². The van der Waals surface area contributed by atoms with E-state index in [1.807, 2.05) is 0 Å². The number of rotatable bonds is 9. The van der Waals surface area contributed by atoms with Crippen LogP contribution >= 0.6 is 24.0 Å². The molecule has 0 aromatic carbocycles. The van der Waals surface area contributed by atoms with Crippen LogP contribution in [0.3, 0.4) is 0 Å². The maximum atomic E-state index is 5.55. The Morgan fingerprint density at radius 1 is 1.08 bits per heavy atom. The predicted octanol–water partition coefficient (Wildman–Crippen LogP) is 2.39. The standard InChI is InChI=1S/C19H41N5O.HI/c1-8-20-18(21-11-12-24(16(2)3)17(4)5)22-15-19(23(6)7)9-13-25-14-10-19;/h16-17H,8-15H2,1-7H3,(H2,20,21,22);1H. The highest BCUT2D eigenvalue weighted by molar-refractivity contribution is 14.0. The molecule has 0 spiro atoms. The van der Waals surface area contributed by atoms with Crippen LogP contribution in [0.2, 0.25) is 0 Å². The first kappa shape index (κ1) is 25.9. The van der Waals surface area contributed by atoms with E-state index in [1.54, 1.807) is 0 Å². The third kappa shape index (κ3) is 8.27. The Labute approximate surface area is 178 Å². The number of guanidine groups is 1. The molecule has 0 saturated carbocycles. The van der Waals surface area contributed by atoms with Crippen LogP contribution in [-0.4, -0.2) is 86.9 Å². The summed E-state index contributed by atoms with van der Waals surface area (Å²) in [7, 11) is 4.31. The fourth-order valence-electron chi connectivity index (χ4n) is 3.48. The zero-order valence-electron chi connectivity index (χ0n) is 18.0. The molecule has 0 atom stereocenters. The second-order valence-corrected chi connectivity index (χ2v) is 7.78. The van der Waals surface area contributed by atoms with Gasteiger partial charge in [0.25, 0.3) is 0 Å². The number of likely N-dealkylation sites (N-methyl/N-ethyl adjacent to an activating group) is 1. The van der Waals surface area contributed by atoms with Gasteiger partial charge in [-0.1, -0.05) is 0 Å². The number of halogens is 1. The highest BCUT2D eigenvalue weighted by atomic mass is 127. The fourth-order valence-corrected chi connectivity index (χ4v) is 3.48. The molecule has 0 aliphatic carbocycles. The Morgan fingerprint density at radius 2 is 1.65 bits per heavy atom. The first-order valence-electron chi connectivity index (χ1n) is 9.85. The Kier molecular flexibility index (Phi) is 13.1. The largest absolute Gasteiger partial charge is 0.381 e. The van der Waals surface area contributed by atoms with E-state index < -0.39 is 0 Å². The van der Waals surface area contributed by atoms with Gasteiger partial charge in [-0.05, 0) is 61.6 Å². The number of hydrogen-bond acceptors (Lipinski definition) is 4. The molecule has 1 saturated heterocycles. The molecule has 1 aliphatic heterocycles. The van der Waals surface area contributed by atoms with Crippen LogP contribution in [-0.2, 0) is 4.74 Å². The average molecular weight is 483 g/mol. The molecular weight excluding hydrogens is 441 g/mol. The fraction of sp³-hybridized carbons (Fsp3) is 0.947. The molecule has 2 N–H and O–H groups in total. The van der Waals surface area contributed by atoms with Crippen molar-refractivity contribution in [2.45, 2.75) is 65.1 Å². The summed E-state index contributed by atoms with van der Waals surface area (Å²) < 4.78 is 5.55. The van der Waals surface area contributed by atoms with Gasteiger partial charge in [-0.15, -0.1) is 24.0 Å². The third-order valence-electron chi connectivity index (χ3n) is 5.24. The van der Waals surface area contributed by atoms with Crippen LogP contribution < -0.4 is 10.6 Å². The Morgan fingerprint density at radius 3 is 2.12 bits per heavy atom. The van der Waals surface area contributed by atoms with Crippen LogP contribution in [0, 0.1) is 0 Å². The molecule has 0 aromatic heterocycles. The number of ether oxygens (including phenoxy) is 1. The highest BCUT2D eigenvalue weighted by Crippen LogP contribution is 2.26. The first-order valence-corrected chi connectivity index (χ1v) is 9.85. The third-order valence-corrected chi connectivity index (χ3v) is 5.24. The van der Waals surface area contributed by atoms with Crippen molar-refractivity contribution in [3.8, 4) is 0 Å². The van der Waals surface area contributed by atoms with Gasteiger partial charge in [0, 0.05) is 50.5 Å². The van der Waals surface area contributed by atoms with Gasteiger partial charge < -0.3 is 20.3 Å². The van der Waals surface area contributed by atoms with E-state index in [0.717, 1.165) is 58.2 Å². The molecule has 1 heterocycles.